The second-order valence-electron chi connectivity index (χ2n) is 4.52. The second kappa shape index (κ2) is 5.70. The Morgan fingerprint density at radius 2 is 1.90 bits per heavy atom. The number of carbonyl (C=O) groups is 2. The first kappa shape index (κ1) is 14.0. The molecular weight excluding hydrogens is 264 g/mol. The summed E-state index contributed by atoms with van der Waals surface area (Å²) in [4.78, 5) is 25.5. The van der Waals surface area contributed by atoms with E-state index in [1.165, 1.54) is 6.07 Å². The van der Waals surface area contributed by atoms with E-state index >= 15 is 0 Å². The molecule has 1 saturated heterocycles. The molecule has 0 unspecified atom stereocenters. The smallest absolute Gasteiger partial charge is 0.317 e. The van der Waals surface area contributed by atoms with Crippen molar-refractivity contribution in [2.24, 2.45) is 5.73 Å². The van der Waals surface area contributed by atoms with E-state index in [0.717, 1.165) is 0 Å². The Kier molecular flexibility index (Phi) is 3.99. The van der Waals surface area contributed by atoms with Crippen LogP contribution in [0.4, 0.5) is 11.5 Å². The van der Waals surface area contributed by atoms with E-state index in [1.807, 2.05) is 9.80 Å². The van der Waals surface area contributed by atoms with Gasteiger partial charge in [-0.25, -0.2) is 0 Å². The quantitative estimate of drug-likeness (QED) is 0.597. The SMILES string of the molecule is NC(=O)c1cc(N2CCN(CC(=O)O)CC2)c(N)nn1. The summed E-state index contributed by atoms with van der Waals surface area (Å²) in [5.74, 6) is -1.29. The fraction of sp³-hybridized carbons (Fsp3) is 0.455. The maximum atomic E-state index is 11.1. The molecule has 1 fully saturated rings. The lowest BCUT2D eigenvalue weighted by Crippen LogP contribution is -2.48. The highest BCUT2D eigenvalue weighted by molar-refractivity contribution is 5.92. The highest BCUT2D eigenvalue weighted by Crippen LogP contribution is 2.22. The lowest BCUT2D eigenvalue weighted by molar-refractivity contribution is -0.138. The topological polar surface area (TPSA) is 139 Å². The number of nitrogen functional groups attached to an aromatic ring is 1. The first-order valence-corrected chi connectivity index (χ1v) is 6.09. The largest absolute Gasteiger partial charge is 0.480 e. The second-order valence-corrected chi connectivity index (χ2v) is 4.52. The molecule has 108 valence electrons. The molecule has 20 heavy (non-hydrogen) atoms. The number of piperazine rings is 1. The molecule has 9 heteroatoms. The van der Waals surface area contributed by atoms with Gasteiger partial charge in [-0.15, -0.1) is 10.2 Å². The van der Waals surface area contributed by atoms with Gasteiger partial charge in [0, 0.05) is 26.2 Å². The van der Waals surface area contributed by atoms with Crippen molar-refractivity contribution in [2.75, 3.05) is 43.4 Å². The van der Waals surface area contributed by atoms with Crippen molar-refractivity contribution in [2.45, 2.75) is 0 Å². The molecule has 9 nitrogen and oxygen atoms in total. The van der Waals surface area contributed by atoms with E-state index in [-0.39, 0.29) is 18.1 Å². The third kappa shape index (κ3) is 3.12. The average Bonchev–Trinajstić information content (AvgIpc) is 2.39. The van der Waals surface area contributed by atoms with E-state index in [1.54, 1.807) is 0 Å². The predicted octanol–water partition coefficient (Wildman–Crippen LogP) is -1.64. The molecule has 0 saturated carbocycles. The summed E-state index contributed by atoms with van der Waals surface area (Å²) in [6, 6.07) is 1.51. The summed E-state index contributed by atoms with van der Waals surface area (Å²) in [5, 5.41) is 16.1. The zero-order valence-electron chi connectivity index (χ0n) is 10.8. The van der Waals surface area contributed by atoms with Gasteiger partial charge in [0.1, 0.15) is 0 Å². The van der Waals surface area contributed by atoms with Crippen molar-refractivity contribution in [3.63, 3.8) is 0 Å². The Hall–Kier alpha value is -2.42. The number of aromatic nitrogens is 2. The van der Waals surface area contributed by atoms with Gasteiger partial charge in [0.15, 0.2) is 11.5 Å². The summed E-state index contributed by atoms with van der Waals surface area (Å²) >= 11 is 0. The lowest BCUT2D eigenvalue weighted by Gasteiger charge is -2.35. The minimum absolute atomic E-state index is 0.0183. The van der Waals surface area contributed by atoms with Gasteiger partial charge in [-0.2, -0.15) is 0 Å². The Morgan fingerprint density at radius 3 is 2.45 bits per heavy atom. The van der Waals surface area contributed by atoms with E-state index in [2.05, 4.69) is 10.2 Å². The first-order valence-electron chi connectivity index (χ1n) is 6.09. The number of nitrogens with zero attached hydrogens (tertiary/aromatic N) is 4. The molecule has 5 N–H and O–H groups in total. The van der Waals surface area contributed by atoms with Gasteiger partial charge in [-0.05, 0) is 6.07 Å². The number of hydrogen-bond acceptors (Lipinski definition) is 7. The van der Waals surface area contributed by atoms with Crippen molar-refractivity contribution in [1.29, 1.82) is 0 Å². The van der Waals surface area contributed by atoms with Crippen LogP contribution in [0.15, 0.2) is 6.07 Å². The zero-order chi connectivity index (χ0) is 14.7. The molecule has 0 atom stereocenters. The number of primary amides is 1. The summed E-state index contributed by atoms with van der Waals surface area (Å²) in [6.07, 6.45) is 0. The number of amides is 1. The van der Waals surface area contributed by atoms with E-state index in [9.17, 15) is 9.59 Å². The number of carboxylic acid groups (broad SMARTS) is 1. The van der Waals surface area contributed by atoms with Gasteiger partial charge in [0.2, 0.25) is 0 Å². The van der Waals surface area contributed by atoms with Crippen molar-refractivity contribution < 1.29 is 14.7 Å². The molecule has 0 radical (unpaired) electrons. The monoisotopic (exact) mass is 280 g/mol. The molecule has 0 aliphatic carbocycles. The Bertz CT molecular complexity index is 527. The molecule has 1 aromatic rings. The van der Waals surface area contributed by atoms with Crippen molar-refractivity contribution in [1.82, 2.24) is 15.1 Å². The van der Waals surface area contributed by atoms with Crippen LogP contribution in [0, 0.1) is 0 Å². The normalized spacial score (nSPS) is 16.1. The Labute approximate surface area is 115 Å². The zero-order valence-corrected chi connectivity index (χ0v) is 10.8. The number of hydrogen-bond donors (Lipinski definition) is 3. The van der Waals surface area contributed by atoms with Crippen LogP contribution < -0.4 is 16.4 Å². The fourth-order valence-corrected chi connectivity index (χ4v) is 2.10. The minimum atomic E-state index is -0.848. The lowest BCUT2D eigenvalue weighted by atomic mass is 10.2. The van der Waals surface area contributed by atoms with Gasteiger partial charge >= 0.3 is 5.97 Å². The van der Waals surface area contributed by atoms with E-state index < -0.39 is 11.9 Å². The number of carbonyl (C=O) groups excluding carboxylic acids is 1. The summed E-state index contributed by atoms with van der Waals surface area (Å²) in [7, 11) is 0. The third-order valence-electron chi connectivity index (χ3n) is 3.13. The van der Waals surface area contributed by atoms with Crippen molar-refractivity contribution in [3.05, 3.63) is 11.8 Å². The van der Waals surface area contributed by atoms with Gasteiger partial charge in [0.25, 0.3) is 5.91 Å². The molecule has 1 aliphatic rings. The molecule has 2 rings (SSSR count). The first-order chi connectivity index (χ1) is 9.47. The van der Waals surface area contributed by atoms with Gasteiger partial charge in [-0.1, -0.05) is 0 Å². The standard InChI is InChI=1S/C11H16N6O3/c12-10-8(5-7(11(13)20)14-15-10)17-3-1-16(2-4-17)6-9(18)19/h5H,1-4,6H2,(H2,12,15)(H2,13,20)(H,18,19). The van der Waals surface area contributed by atoms with Gasteiger partial charge < -0.3 is 21.5 Å². The van der Waals surface area contributed by atoms with Crippen molar-refractivity contribution in [3.8, 4) is 0 Å². The molecule has 2 heterocycles. The molecule has 1 aromatic heterocycles. The fourth-order valence-electron chi connectivity index (χ4n) is 2.10. The highest BCUT2D eigenvalue weighted by atomic mass is 16.4. The summed E-state index contributed by atoms with van der Waals surface area (Å²) < 4.78 is 0. The molecule has 1 aliphatic heterocycles. The van der Waals surface area contributed by atoms with Crippen LogP contribution in [-0.4, -0.2) is 64.8 Å². The maximum Gasteiger partial charge on any atom is 0.317 e. The molecule has 0 spiro atoms. The van der Waals surface area contributed by atoms with Crippen LogP contribution in [0.25, 0.3) is 0 Å². The van der Waals surface area contributed by atoms with Crippen LogP contribution in [-0.2, 0) is 4.79 Å². The minimum Gasteiger partial charge on any atom is -0.480 e. The van der Waals surface area contributed by atoms with E-state index in [0.29, 0.717) is 31.9 Å². The average molecular weight is 280 g/mol. The van der Waals surface area contributed by atoms with Gasteiger partial charge in [0.05, 0.1) is 12.2 Å². The number of rotatable bonds is 4. The van der Waals surface area contributed by atoms with Crippen LogP contribution >= 0.6 is 0 Å². The number of nitrogens with two attached hydrogens (primary N) is 2. The van der Waals surface area contributed by atoms with Crippen LogP contribution in [0.5, 0.6) is 0 Å². The number of aliphatic carboxylic acids is 1. The third-order valence-corrected chi connectivity index (χ3v) is 3.13. The molecule has 0 aromatic carbocycles. The van der Waals surface area contributed by atoms with Crippen LogP contribution in [0.1, 0.15) is 10.5 Å². The maximum absolute atomic E-state index is 11.1. The number of carboxylic acids is 1. The van der Waals surface area contributed by atoms with E-state index in [4.69, 9.17) is 16.6 Å². The molecule has 0 bridgehead atoms. The molecular formula is C11H16N6O3. The highest BCUT2D eigenvalue weighted by Gasteiger charge is 2.21. The molecule has 1 amide bonds. The Balaban J connectivity index is 2.08. The summed E-state index contributed by atoms with van der Waals surface area (Å²) in [5.41, 5.74) is 11.6. The summed E-state index contributed by atoms with van der Waals surface area (Å²) in [6.45, 7) is 2.41. The van der Waals surface area contributed by atoms with Crippen LogP contribution in [0.2, 0.25) is 0 Å². The van der Waals surface area contributed by atoms with Crippen LogP contribution in [0.3, 0.4) is 0 Å². The number of anilines is 2. The predicted molar refractivity (Wildman–Crippen MR) is 71.3 cm³/mol. The van der Waals surface area contributed by atoms with Crippen molar-refractivity contribution >= 4 is 23.4 Å². The van der Waals surface area contributed by atoms with Gasteiger partial charge in [-0.3, -0.25) is 14.5 Å². The Morgan fingerprint density at radius 1 is 1.25 bits per heavy atom.